The summed E-state index contributed by atoms with van der Waals surface area (Å²) in [5.74, 6) is 5.84. The van der Waals surface area contributed by atoms with Crippen molar-refractivity contribution >= 4 is 0 Å². The Morgan fingerprint density at radius 1 is 1.30 bits per heavy atom. The lowest BCUT2D eigenvalue weighted by molar-refractivity contribution is 0.0743. The van der Waals surface area contributed by atoms with Crippen molar-refractivity contribution in [3.05, 3.63) is 0 Å². The van der Waals surface area contributed by atoms with Crippen LogP contribution in [0.25, 0.3) is 0 Å². The summed E-state index contributed by atoms with van der Waals surface area (Å²) in [6.45, 7) is 3.33. The minimum Gasteiger partial charge on any atom is -0.303 e. The van der Waals surface area contributed by atoms with Gasteiger partial charge in [0.15, 0.2) is 0 Å². The molecular formula is C7H15N3. The first-order chi connectivity index (χ1) is 4.73. The van der Waals surface area contributed by atoms with Gasteiger partial charge in [-0.25, -0.2) is 5.01 Å². The Bertz CT molecular complexity index is 142. The molecule has 0 amide bonds. The molecule has 2 aliphatic rings. The second-order valence-electron chi connectivity index (χ2n) is 3.66. The van der Waals surface area contributed by atoms with Crippen molar-refractivity contribution in [3.63, 3.8) is 0 Å². The molecule has 1 spiro atoms. The van der Waals surface area contributed by atoms with Crippen molar-refractivity contribution < 1.29 is 0 Å². The summed E-state index contributed by atoms with van der Waals surface area (Å²) in [6.07, 6.45) is 2.60. The van der Waals surface area contributed by atoms with Gasteiger partial charge in [-0.2, -0.15) is 0 Å². The van der Waals surface area contributed by atoms with Crippen LogP contribution in [0, 0.1) is 0 Å². The van der Waals surface area contributed by atoms with E-state index in [1.54, 1.807) is 0 Å². The molecule has 0 aromatic rings. The Labute approximate surface area is 61.7 Å². The highest BCUT2D eigenvalue weighted by Crippen LogP contribution is 2.41. The van der Waals surface area contributed by atoms with Crippen molar-refractivity contribution in [2.75, 3.05) is 26.7 Å². The van der Waals surface area contributed by atoms with Gasteiger partial charge in [-0.3, -0.25) is 5.84 Å². The molecule has 1 heterocycles. The number of hydrogen-bond acceptors (Lipinski definition) is 3. The SMILES string of the molecule is CN1CCN(N)C2(CC2)C1. The molecule has 1 saturated heterocycles. The van der Waals surface area contributed by atoms with E-state index >= 15 is 0 Å². The fraction of sp³-hybridized carbons (Fsp3) is 1.00. The fourth-order valence-corrected chi connectivity index (χ4v) is 1.78. The number of hydrazine groups is 1. The van der Waals surface area contributed by atoms with Crippen LogP contribution in [-0.2, 0) is 0 Å². The summed E-state index contributed by atoms with van der Waals surface area (Å²) in [4.78, 5) is 2.37. The average molecular weight is 141 g/mol. The van der Waals surface area contributed by atoms with E-state index in [0.29, 0.717) is 5.54 Å². The summed E-state index contributed by atoms with van der Waals surface area (Å²) < 4.78 is 0. The van der Waals surface area contributed by atoms with Crippen LogP contribution in [0.4, 0.5) is 0 Å². The topological polar surface area (TPSA) is 32.5 Å². The van der Waals surface area contributed by atoms with Gasteiger partial charge in [0.1, 0.15) is 0 Å². The van der Waals surface area contributed by atoms with Crippen LogP contribution in [-0.4, -0.2) is 42.1 Å². The van der Waals surface area contributed by atoms with Crippen molar-refractivity contribution in [1.29, 1.82) is 0 Å². The molecule has 1 aliphatic heterocycles. The quantitative estimate of drug-likeness (QED) is 0.468. The molecule has 3 heteroatoms. The Morgan fingerprint density at radius 2 is 2.00 bits per heavy atom. The van der Waals surface area contributed by atoms with Crippen molar-refractivity contribution in [1.82, 2.24) is 9.91 Å². The summed E-state index contributed by atoms with van der Waals surface area (Å²) in [6, 6.07) is 0. The number of likely N-dealkylation sites (N-methyl/N-ethyl adjacent to an activating group) is 1. The maximum Gasteiger partial charge on any atom is 0.0480 e. The normalized spacial score (nSPS) is 33.0. The highest BCUT2D eigenvalue weighted by molar-refractivity contribution is 5.06. The van der Waals surface area contributed by atoms with Crippen LogP contribution < -0.4 is 5.84 Å². The van der Waals surface area contributed by atoms with Crippen molar-refractivity contribution in [2.24, 2.45) is 5.84 Å². The summed E-state index contributed by atoms with van der Waals surface area (Å²) in [5.41, 5.74) is 0.396. The smallest absolute Gasteiger partial charge is 0.0480 e. The fourth-order valence-electron chi connectivity index (χ4n) is 1.78. The Balaban J connectivity index is 2.03. The summed E-state index contributed by atoms with van der Waals surface area (Å²) >= 11 is 0. The van der Waals surface area contributed by atoms with Crippen LogP contribution in [0.2, 0.25) is 0 Å². The number of hydrogen-bond donors (Lipinski definition) is 1. The maximum absolute atomic E-state index is 5.84. The predicted molar refractivity (Wildman–Crippen MR) is 40.4 cm³/mol. The molecule has 2 N–H and O–H groups in total. The maximum atomic E-state index is 5.84. The zero-order chi connectivity index (χ0) is 7.19. The molecule has 0 bridgehead atoms. The van der Waals surface area contributed by atoms with E-state index < -0.39 is 0 Å². The van der Waals surface area contributed by atoms with E-state index in [4.69, 9.17) is 5.84 Å². The third-order valence-corrected chi connectivity index (χ3v) is 2.72. The lowest BCUT2D eigenvalue weighted by atomic mass is 10.2. The minimum atomic E-state index is 0.396. The summed E-state index contributed by atoms with van der Waals surface area (Å²) in [5, 5.41) is 2.03. The first-order valence-electron chi connectivity index (χ1n) is 3.94. The van der Waals surface area contributed by atoms with Crippen LogP contribution in [0.1, 0.15) is 12.8 Å². The summed E-state index contributed by atoms with van der Waals surface area (Å²) in [7, 11) is 2.17. The molecule has 0 unspecified atom stereocenters. The second-order valence-corrected chi connectivity index (χ2v) is 3.66. The first kappa shape index (κ1) is 6.58. The van der Waals surface area contributed by atoms with E-state index in [9.17, 15) is 0 Å². The molecule has 2 rings (SSSR count). The zero-order valence-corrected chi connectivity index (χ0v) is 6.51. The van der Waals surface area contributed by atoms with Gasteiger partial charge in [-0.15, -0.1) is 0 Å². The highest BCUT2D eigenvalue weighted by atomic mass is 15.5. The molecule has 1 aliphatic carbocycles. The van der Waals surface area contributed by atoms with Gasteiger partial charge in [-0.05, 0) is 19.9 Å². The number of piperazine rings is 1. The van der Waals surface area contributed by atoms with E-state index in [2.05, 4.69) is 11.9 Å². The standard InChI is InChI=1S/C7H15N3/c1-9-4-5-10(8)7(6-9)2-3-7/h2-6,8H2,1H3. The van der Waals surface area contributed by atoms with Gasteiger partial charge in [0.05, 0.1) is 0 Å². The van der Waals surface area contributed by atoms with Crippen LogP contribution >= 0.6 is 0 Å². The minimum absolute atomic E-state index is 0.396. The van der Waals surface area contributed by atoms with Crippen LogP contribution in [0.5, 0.6) is 0 Å². The molecule has 0 radical (unpaired) electrons. The van der Waals surface area contributed by atoms with Crippen molar-refractivity contribution in [2.45, 2.75) is 18.4 Å². The number of nitrogens with two attached hydrogens (primary N) is 1. The molecular weight excluding hydrogens is 126 g/mol. The van der Waals surface area contributed by atoms with E-state index in [-0.39, 0.29) is 0 Å². The number of nitrogens with zero attached hydrogens (tertiary/aromatic N) is 2. The van der Waals surface area contributed by atoms with Gasteiger partial charge in [0, 0.05) is 25.2 Å². The second kappa shape index (κ2) is 1.94. The Hall–Kier alpha value is -0.120. The third kappa shape index (κ3) is 0.856. The molecule has 1 saturated carbocycles. The van der Waals surface area contributed by atoms with Gasteiger partial charge in [0.25, 0.3) is 0 Å². The molecule has 10 heavy (non-hydrogen) atoms. The third-order valence-electron chi connectivity index (χ3n) is 2.72. The van der Waals surface area contributed by atoms with Gasteiger partial charge < -0.3 is 4.90 Å². The largest absolute Gasteiger partial charge is 0.303 e. The van der Waals surface area contributed by atoms with Crippen molar-refractivity contribution in [3.8, 4) is 0 Å². The van der Waals surface area contributed by atoms with Gasteiger partial charge in [0.2, 0.25) is 0 Å². The van der Waals surface area contributed by atoms with E-state index in [1.165, 1.54) is 19.4 Å². The first-order valence-corrected chi connectivity index (χ1v) is 3.94. The van der Waals surface area contributed by atoms with Crippen LogP contribution in [0.15, 0.2) is 0 Å². The van der Waals surface area contributed by atoms with Gasteiger partial charge in [-0.1, -0.05) is 0 Å². The molecule has 0 atom stereocenters. The highest BCUT2D eigenvalue weighted by Gasteiger charge is 2.49. The predicted octanol–water partition coefficient (Wildman–Crippen LogP) is -0.360. The lowest BCUT2D eigenvalue weighted by Gasteiger charge is -2.37. The monoisotopic (exact) mass is 141 g/mol. The zero-order valence-electron chi connectivity index (χ0n) is 6.51. The molecule has 3 nitrogen and oxygen atoms in total. The molecule has 0 aromatic heterocycles. The average Bonchev–Trinajstić information content (AvgIpc) is 2.62. The van der Waals surface area contributed by atoms with E-state index in [1.807, 2.05) is 5.01 Å². The van der Waals surface area contributed by atoms with Gasteiger partial charge >= 0.3 is 0 Å². The van der Waals surface area contributed by atoms with E-state index in [0.717, 1.165) is 13.1 Å². The molecule has 0 aromatic carbocycles. The van der Waals surface area contributed by atoms with Crippen LogP contribution in [0.3, 0.4) is 0 Å². The Morgan fingerprint density at radius 3 is 2.50 bits per heavy atom. The number of rotatable bonds is 0. The Kier molecular flexibility index (Phi) is 1.27. The molecule has 58 valence electrons. The molecule has 2 fully saturated rings. The lowest BCUT2D eigenvalue weighted by Crippen LogP contribution is -2.56.